The van der Waals surface area contributed by atoms with Gasteiger partial charge in [-0.05, 0) is 32.0 Å². The van der Waals surface area contributed by atoms with E-state index < -0.39 is 0 Å². The van der Waals surface area contributed by atoms with Crippen LogP contribution < -0.4 is 0 Å². The summed E-state index contributed by atoms with van der Waals surface area (Å²) in [5.74, 6) is 0. The smallest absolute Gasteiger partial charge is 0.125 e. The lowest BCUT2D eigenvalue weighted by molar-refractivity contribution is 0.328. The lowest BCUT2D eigenvalue weighted by Crippen LogP contribution is -2.18. The van der Waals surface area contributed by atoms with Crippen molar-refractivity contribution in [3.05, 3.63) is 40.4 Å². The molecule has 0 amide bonds. The summed E-state index contributed by atoms with van der Waals surface area (Å²) < 4.78 is 0. The van der Waals surface area contributed by atoms with Gasteiger partial charge in [-0.1, -0.05) is 29.8 Å². The number of thiazole rings is 1. The third-order valence-corrected chi connectivity index (χ3v) is 4.49. The van der Waals surface area contributed by atoms with Crippen molar-refractivity contribution in [2.24, 2.45) is 0 Å². The summed E-state index contributed by atoms with van der Waals surface area (Å²) in [7, 11) is 0. The first kappa shape index (κ1) is 12.2. The molecule has 1 fully saturated rings. The van der Waals surface area contributed by atoms with Gasteiger partial charge < -0.3 is 0 Å². The zero-order chi connectivity index (χ0) is 12.4. The molecule has 2 heterocycles. The molecule has 1 aromatic heterocycles. The monoisotopic (exact) mass is 278 g/mol. The highest BCUT2D eigenvalue weighted by Gasteiger charge is 2.14. The molecule has 0 bridgehead atoms. The Bertz CT molecular complexity index is 532. The zero-order valence-corrected chi connectivity index (χ0v) is 11.7. The van der Waals surface area contributed by atoms with Crippen molar-refractivity contribution >= 4 is 22.9 Å². The maximum atomic E-state index is 6.19. The van der Waals surface area contributed by atoms with Crippen LogP contribution in [0.15, 0.2) is 29.6 Å². The minimum atomic E-state index is 0.777. The van der Waals surface area contributed by atoms with Gasteiger partial charge >= 0.3 is 0 Å². The molecular formula is C14H15ClN2S. The molecule has 0 spiro atoms. The topological polar surface area (TPSA) is 16.1 Å². The minimum Gasteiger partial charge on any atom is -0.297 e. The Balaban J connectivity index is 1.79. The largest absolute Gasteiger partial charge is 0.297 e. The Morgan fingerprint density at radius 3 is 2.78 bits per heavy atom. The third kappa shape index (κ3) is 2.58. The molecule has 0 saturated carbocycles. The normalized spacial score (nSPS) is 16.3. The van der Waals surface area contributed by atoms with Crippen LogP contribution >= 0.6 is 22.9 Å². The zero-order valence-electron chi connectivity index (χ0n) is 10.1. The molecule has 0 radical (unpaired) electrons. The van der Waals surface area contributed by atoms with E-state index in [-0.39, 0.29) is 0 Å². The molecule has 18 heavy (non-hydrogen) atoms. The number of aromatic nitrogens is 1. The highest BCUT2D eigenvalue weighted by Crippen LogP contribution is 2.30. The standard InChI is InChI=1S/C14H15ClN2S/c15-13-6-2-1-5-12(13)14-16-11(10-18-14)9-17-7-3-4-8-17/h1-2,5-6,10H,3-4,7-9H2. The van der Waals surface area contributed by atoms with Crippen LogP contribution in [-0.4, -0.2) is 23.0 Å². The number of hydrogen-bond acceptors (Lipinski definition) is 3. The first-order valence-electron chi connectivity index (χ1n) is 6.24. The Hall–Kier alpha value is -0.900. The number of benzene rings is 1. The Labute approximate surface area is 116 Å². The average Bonchev–Trinajstić information content (AvgIpc) is 3.02. The fourth-order valence-corrected chi connectivity index (χ4v) is 3.44. The van der Waals surface area contributed by atoms with E-state index in [2.05, 4.69) is 10.3 Å². The Kier molecular flexibility index (Phi) is 3.64. The van der Waals surface area contributed by atoms with Gasteiger partial charge in [0.05, 0.1) is 10.7 Å². The number of halogens is 1. The second-order valence-electron chi connectivity index (χ2n) is 4.61. The van der Waals surface area contributed by atoms with Crippen LogP contribution in [0.4, 0.5) is 0 Å². The lowest BCUT2D eigenvalue weighted by Gasteiger charge is -2.11. The molecule has 0 N–H and O–H groups in total. The SMILES string of the molecule is Clc1ccccc1-c1nc(CN2CCCC2)cs1. The van der Waals surface area contributed by atoms with Crippen molar-refractivity contribution in [1.29, 1.82) is 0 Å². The van der Waals surface area contributed by atoms with E-state index in [1.54, 1.807) is 11.3 Å². The van der Waals surface area contributed by atoms with Crippen molar-refractivity contribution in [3.8, 4) is 10.6 Å². The van der Waals surface area contributed by atoms with E-state index in [0.29, 0.717) is 0 Å². The summed E-state index contributed by atoms with van der Waals surface area (Å²) in [5.41, 5.74) is 2.20. The fraction of sp³-hybridized carbons (Fsp3) is 0.357. The number of hydrogen-bond donors (Lipinski definition) is 0. The van der Waals surface area contributed by atoms with Crippen LogP contribution in [0.3, 0.4) is 0 Å². The van der Waals surface area contributed by atoms with E-state index >= 15 is 0 Å². The second kappa shape index (κ2) is 5.39. The van der Waals surface area contributed by atoms with Crippen molar-refractivity contribution in [1.82, 2.24) is 9.88 Å². The molecule has 94 valence electrons. The van der Waals surface area contributed by atoms with Crippen LogP contribution in [-0.2, 0) is 6.54 Å². The van der Waals surface area contributed by atoms with E-state index in [0.717, 1.165) is 27.8 Å². The van der Waals surface area contributed by atoms with Crippen LogP contribution in [0.1, 0.15) is 18.5 Å². The van der Waals surface area contributed by atoms with Gasteiger partial charge in [-0.25, -0.2) is 4.98 Å². The van der Waals surface area contributed by atoms with E-state index in [4.69, 9.17) is 16.6 Å². The molecular weight excluding hydrogens is 264 g/mol. The Morgan fingerprint density at radius 2 is 2.00 bits per heavy atom. The molecule has 0 aliphatic carbocycles. The molecule has 0 atom stereocenters. The van der Waals surface area contributed by atoms with Crippen LogP contribution in [0.5, 0.6) is 0 Å². The van der Waals surface area contributed by atoms with E-state index in [1.165, 1.54) is 25.9 Å². The second-order valence-corrected chi connectivity index (χ2v) is 5.87. The van der Waals surface area contributed by atoms with Crippen molar-refractivity contribution in [3.63, 3.8) is 0 Å². The molecule has 4 heteroatoms. The summed E-state index contributed by atoms with van der Waals surface area (Å²) in [6.45, 7) is 3.39. The maximum Gasteiger partial charge on any atom is 0.125 e. The maximum absolute atomic E-state index is 6.19. The van der Waals surface area contributed by atoms with Crippen LogP contribution in [0.25, 0.3) is 10.6 Å². The van der Waals surface area contributed by atoms with Gasteiger partial charge in [-0.3, -0.25) is 4.90 Å². The number of rotatable bonds is 3. The molecule has 1 aliphatic heterocycles. The van der Waals surface area contributed by atoms with E-state index in [9.17, 15) is 0 Å². The first-order valence-corrected chi connectivity index (χ1v) is 7.50. The quantitative estimate of drug-likeness (QED) is 0.842. The summed E-state index contributed by atoms with van der Waals surface area (Å²) >= 11 is 7.87. The summed E-state index contributed by atoms with van der Waals surface area (Å²) in [6.07, 6.45) is 2.64. The van der Waals surface area contributed by atoms with Crippen molar-refractivity contribution in [2.45, 2.75) is 19.4 Å². The van der Waals surface area contributed by atoms with Crippen molar-refractivity contribution in [2.75, 3.05) is 13.1 Å². The first-order chi connectivity index (χ1) is 8.83. The van der Waals surface area contributed by atoms with Crippen LogP contribution in [0, 0.1) is 0 Å². The summed E-state index contributed by atoms with van der Waals surface area (Å²) in [5, 5.41) is 3.95. The molecule has 1 aromatic carbocycles. The molecule has 3 rings (SSSR count). The van der Waals surface area contributed by atoms with Gasteiger partial charge in [-0.2, -0.15) is 0 Å². The third-order valence-electron chi connectivity index (χ3n) is 3.24. The fourth-order valence-electron chi connectivity index (χ4n) is 2.31. The predicted molar refractivity (Wildman–Crippen MR) is 77.1 cm³/mol. The number of nitrogens with zero attached hydrogens (tertiary/aromatic N) is 2. The Morgan fingerprint density at radius 1 is 1.22 bits per heavy atom. The summed E-state index contributed by atoms with van der Waals surface area (Å²) in [4.78, 5) is 7.16. The van der Waals surface area contributed by atoms with Gasteiger partial charge in [0.25, 0.3) is 0 Å². The van der Waals surface area contributed by atoms with E-state index in [1.807, 2.05) is 24.3 Å². The molecule has 1 aliphatic rings. The van der Waals surface area contributed by atoms with Gasteiger partial charge in [0.2, 0.25) is 0 Å². The summed E-state index contributed by atoms with van der Waals surface area (Å²) in [6, 6.07) is 7.90. The van der Waals surface area contributed by atoms with Gasteiger partial charge in [-0.15, -0.1) is 11.3 Å². The molecule has 0 unspecified atom stereocenters. The predicted octanol–water partition coefficient (Wildman–Crippen LogP) is 4.06. The highest BCUT2D eigenvalue weighted by molar-refractivity contribution is 7.13. The highest BCUT2D eigenvalue weighted by atomic mass is 35.5. The van der Waals surface area contributed by atoms with Gasteiger partial charge in [0, 0.05) is 17.5 Å². The molecule has 1 saturated heterocycles. The average molecular weight is 279 g/mol. The molecule has 2 nitrogen and oxygen atoms in total. The van der Waals surface area contributed by atoms with Gasteiger partial charge in [0.1, 0.15) is 5.01 Å². The number of likely N-dealkylation sites (tertiary alicyclic amines) is 1. The lowest BCUT2D eigenvalue weighted by atomic mass is 10.2. The minimum absolute atomic E-state index is 0.777. The van der Waals surface area contributed by atoms with Gasteiger partial charge in [0.15, 0.2) is 0 Å². The van der Waals surface area contributed by atoms with Crippen LogP contribution in [0.2, 0.25) is 5.02 Å². The molecule has 2 aromatic rings. The van der Waals surface area contributed by atoms with Crippen molar-refractivity contribution < 1.29 is 0 Å².